The maximum atomic E-state index is 12.1. The van der Waals surface area contributed by atoms with Gasteiger partial charge in [-0.25, -0.2) is 0 Å². The van der Waals surface area contributed by atoms with Gasteiger partial charge in [-0.3, -0.25) is 9.48 Å². The van der Waals surface area contributed by atoms with Crippen molar-refractivity contribution in [2.45, 2.75) is 46.4 Å². The molecule has 0 unspecified atom stereocenters. The van der Waals surface area contributed by atoms with Gasteiger partial charge in [-0.05, 0) is 12.3 Å². The Morgan fingerprint density at radius 3 is 3.05 bits per heavy atom. The average molecular weight is 266 g/mol. The molecule has 0 saturated heterocycles. The maximum Gasteiger partial charge on any atom is 0.223 e. The summed E-state index contributed by atoms with van der Waals surface area (Å²) in [6.45, 7) is 7.75. The van der Waals surface area contributed by atoms with Gasteiger partial charge in [-0.15, -0.1) is 5.10 Å². The van der Waals surface area contributed by atoms with E-state index in [1.807, 2.05) is 13.1 Å². The van der Waals surface area contributed by atoms with Crippen LogP contribution < -0.4 is 5.32 Å². The van der Waals surface area contributed by atoms with Crippen molar-refractivity contribution in [1.29, 1.82) is 0 Å². The molecule has 0 spiro atoms. The molecule has 106 valence electrons. The summed E-state index contributed by atoms with van der Waals surface area (Å²) < 4.78 is 7.40. The van der Waals surface area contributed by atoms with Crippen LogP contribution in [-0.4, -0.2) is 33.5 Å². The molecular weight excluding hydrogens is 244 g/mol. The number of hydrogen-bond acceptors (Lipinski definition) is 4. The first-order valence-corrected chi connectivity index (χ1v) is 6.83. The molecular formula is C13H22N4O2. The molecule has 1 N–H and O–H groups in total. The van der Waals surface area contributed by atoms with E-state index >= 15 is 0 Å². The number of aromatic nitrogens is 3. The highest BCUT2D eigenvalue weighted by molar-refractivity contribution is 5.78. The zero-order valence-electron chi connectivity index (χ0n) is 11.8. The second-order valence-electron chi connectivity index (χ2n) is 5.54. The van der Waals surface area contributed by atoms with Gasteiger partial charge in [-0.2, -0.15) is 0 Å². The molecule has 0 aromatic carbocycles. The Hall–Kier alpha value is -1.43. The summed E-state index contributed by atoms with van der Waals surface area (Å²) in [5.41, 5.74) is 0.835. The van der Waals surface area contributed by atoms with E-state index in [9.17, 15) is 4.79 Å². The lowest BCUT2D eigenvalue weighted by Crippen LogP contribution is -2.44. The van der Waals surface area contributed by atoms with E-state index in [0.29, 0.717) is 25.7 Å². The van der Waals surface area contributed by atoms with Crippen molar-refractivity contribution in [3.8, 4) is 0 Å². The first-order valence-electron chi connectivity index (χ1n) is 6.83. The van der Waals surface area contributed by atoms with E-state index in [0.717, 1.165) is 12.1 Å². The lowest BCUT2D eigenvalue weighted by atomic mass is 10.0. The van der Waals surface area contributed by atoms with E-state index in [1.54, 1.807) is 4.68 Å². The van der Waals surface area contributed by atoms with Gasteiger partial charge in [0.1, 0.15) is 5.69 Å². The largest absolute Gasteiger partial charge is 0.373 e. The Labute approximate surface area is 113 Å². The fourth-order valence-corrected chi connectivity index (χ4v) is 1.99. The number of carbonyl (C=O) groups is 1. The SMILES string of the molecule is CC(C)[C@H]1COCc2cn(nn2)CC[C@@H](C)C(=O)N1. The van der Waals surface area contributed by atoms with Crippen LogP contribution in [0.25, 0.3) is 0 Å². The topological polar surface area (TPSA) is 69.0 Å². The summed E-state index contributed by atoms with van der Waals surface area (Å²) in [6, 6.07) is 0.0458. The van der Waals surface area contributed by atoms with Gasteiger partial charge in [0, 0.05) is 12.5 Å². The minimum atomic E-state index is -0.0340. The molecule has 0 aliphatic carbocycles. The average Bonchev–Trinajstić information content (AvgIpc) is 2.81. The second-order valence-corrected chi connectivity index (χ2v) is 5.54. The summed E-state index contributed by atoms with van der Waals surface area (Å²) in [5, 5.41) is 11.2. The number of fused-ring (bicyclic) bond motifs is 2. The standard InChI is InChI=1S/C13H22N4O2/c1-9(2)12-8-19-7-11-6-17(16-15-11)5-4-10(3)13(18)14-12/h6,9-10,12H,4-5,7-8H2,1-3H3,(H,14,18)/t10-,12-/m1/s1. The van der Waals surface area contributed by atoms with Crippen molar-refractivity contribution in [3.63, 3.8) is 0 Å². The molecule has 1 aromatic heterocycles. The molecule has 0 fully saturated rings. The third-order valence-corrected chi connectivity index (χ3v) is 3.50. The number of nitrogens with zero attached hydrogens (tertiary/aromatic N) is 3. The van der Waals surface area contributed by atoms with Crippen LogP contribution in [0.3, 0.4) is 0 Å². The Balaban J connectivity index is 2.10. The molecule has 1 aliphatic rings. The minimum Gasteiger partial charge on any atom is -0.373 e. The Morgan fingerprint density at radius 2 is 2.32 bits per heavy atom. The normalized spacial score (nSPS) is 25.6. The van der Waals surface area contributed by atoms with E-state index in [1.165, 1.54) is 0 Å². The number of nitrogens with one attached hydrogen (secondary N) is 1. The molecule has 6 heteroatoms. The van der Waals surface area contributed by atoms with Gasteiger partial charge in [0.05, 0.1) is 25.5 Å². The predicted octanol–water partition coefficient (Wildman–Crippen LogP) is 0.975. The van der Waals surface area contributed by atoms with Crippen LogP contribution in [0.5, 0.6) is 0 Å². The molecule has 19 heavy (non-hydrogen) atoms. The van der Waals surface area contributed by atoms with Gasteiger partial charge in [0.2, 0.25) is 5.91 Å². The van der Waals surface area contributed by atoms with Gasteiger partial charge in [0.25, 0.3) is 0 Å². The monoisotopic (exact) mass is 266 g/mol. The van der Waals surface area contributed by atoms with Crippen molar-refractivity contribution in [3.05, 3.63) is 11.9 Å². The van der Waals surface area contributed by atoms with Gasteiger partial charge in [-0.1, -0.05) is 26.0 Å². The fraction of sp³-hybridized carbons (Fsp3) is 0.769. The zero-order chi connectivity index (χ0) is 13.8. The zero-order valence-corrected chi connectivity index (χ0v) is 11.8. The quantitative estimate of drug-likeness (QED) is 0.822. The molecule has 0 saturated carbocycles. The smallest absolute Gasteiger partial charge is 0.223 e. The summed E-state index contributed by atoms with van der Waals surface area (Å²) in [6.07, 6.45) is 2.65. The molecule has 2 heterocycles. The summed E-state index contributed by atoms with van der Waals surface area (Å²) in [4.78, 5) is 12.1. The van der Waals surface area contributed by atoms with Crippen LogP contribution >= 0.6 is 0 Å². The van der Waals surface area contributed by atoms with Crippen LogP contribution in [-0.2, 0) is 22.7 Å². The number of ether oxygens (including phenoxy) is 1. The highest BCUT2D eigenvalue weighted by atomic mass is 16.5. The maximum absolute atomic E-state index is 12.1. The molecule has 6 nitrogen and oxygen atoms in total. The number of amides is 1. The molecule has 0 radical (unpaired) electrons. The Morgan fingerprint density at radius 1 is 1.53 bits per heavy atom. The van der Waals surface area contributed by atoms with Crippen LogP contribution in [0.4, 0.5) is 0 Å². The highest BCUT2D eigenvalue weighted by Gasteiger charge is 2.21. The summed E-state index contributed by atoms with van der Waals surface area (Å²) >= 11 is 0. The Kier molecular flexibility index (Phi) is 4.52. The molecule has 1 amide bonds. The van der Waals surface area contributed by atoms with Gasteiger partial charge in [0.15, 0.2) is 0 Å². The molecule has 1 aliphatic heterocycles. The third kappa shape index (κ3) is 3.76. The Bertz CT molecular complexity index is 430. The van der Waals surface area contributed by atoms with Crippen molar-refractivity contribution in [2.24, 2.45) is 11.8 Å². The van der Waals surface area contributed by atoms with E-state index in [-0.39, 0.29) is 17.9 Å². The van der Waals surface area contributed by atoms with E-state index in [4.69, 9.17) is 4.74 Å². The lowest BCUT2D eigenvalue weighted by molar-refractivity contribution is -0.126. The molecule has 2 atom stereocenters. The van der Waals surface area contributed by atoms with E-state index < -0.39 is 0 Å². The first-order chi connectivity index (χ1) is 9.06. The van der Waals surface area contributed by atoms with Gasteiger partial charge >= 0.3 is 0 Å². The first kappa shape index (κ1) is 14.0. The van der Waals surface area contributed by atoms with Gasteiger partial charge < -0.3 is 10.1 Å². The van der Waals surface area contributed by atoms with Crippen molar-refractivity contribution < 1.29 is 9.53 Å². The number of aryl methyl sites for hydroxylation is 1. The number of hydrogen-bond donors (Lipinski definition) is 1. The van der Waals surface area contributed by atoms with Crippen LogP contribution in [0.2, 0.25) is 0 Å². The lowest BCUT2D eigenvalue weighted by Gasteiger charge is -2.24. The van der Waals surface area contributed by atoms with Crippen LogP contribution in [0, 0.1) is 11.8 Å². The van der Waals surface area contributed by atoms with Crippen molar-refractivity contribution in [1.82, 2.24) is 20.3 Å². The fourth-order valence-electron chi connectivity index (χ4n) is 1.99. The minimum absolute atomic E-state index is 0.0340. The van der Waals surface area contributed by atoms with Crippen LogP contribution in [0.1, 0.15) is 32.9 Å². The third-order valence-electron chi connectivity index (χ3n) is 3.50. The van der Waals surface area contributed by atoms with Crippen molar-refractivity contribution >= 4 is 5.91 Å². The molecule has 2 rings (SSSR count). The summed E-state index contributed by atoms with van der Waals surface area (Å²) in [7, 11) is 0. The molecule has 2 bridgehead atoms. The van der Waals surface area contributed by atoms with Crippen molar-refractivity contribution in [2.75, 3.05) is 6.61 Å². The van der Waals surface area contributed by atoms with Crippen LogP contribution in [0.15, 0.2) is 6.20 Å². The second kappa shape index (κ2) is 6.14. The number of carbonyl (C=O) groups excluding carboxylic acids is 1. The molecule has 1 aromatic rings. The highest BCUT2D eigenvalue weighted by Crippen LogP contribution is 2.10. The predicted molar refractivity (Wildman–Crippen MR) is 70.2 cm³/mol. The summed E-state index contributed by atoms with van der Waals surface area (Å²) in [5.74, 6) is 0.395. The van der Waals surface area contributed by atoms with E-state index in [2.05, 4.69) is 29.5 Å². The number of rotatable bonds is 1.